The maximum atomic E-state index is 6.87. The van der Waals surface area contributed by atoms with Crippen molar-refractivity contribution in [1.29, 1.82) is 0 Å². The number of hydrogen-bond acceptors (Lipinski definition) is 2. The van der Waals surface area contributed by atoms with Gasteiger partial charge in [0.15, 0.2) is 11.5 Å². The van der Waals surface area contributed by atoms with Crippen LogP contribution in [-0.4, -0.2) is 12.2 Å². The van der Waals surface area contributed by atoms with Crippen LogP contribution in [0.5, 0.6) is 0 Å². The predicted octanol–water partition coefficient (Wildman–Crippen LogP) is 7.47. The molecule has 4 unspecified atom stereocenters. The van der Waals surface area contributed by atoms with Crippen LogP contribution < -0.4 is 0 Å². The normalized spacial score (nSPS) is 36.6. The molecule has 0 saturated heterocycles. The molecule has 4 atom stereocenters. The van der Waals surface area contributed by atoms with Gasteiger partial charge in [-0.2, -0.15) is 0 Å². The van der Waals surface area contributed by atoms with Crippen LogP contribution in [0.15, 0.2) is 70.3 Å². The summed E-state index contributed by atoms with van der Waals surface area (Å²) in [5.74, 6) is 4.53. The first-order valence-electron chi connectivity index (χ1n) is 13.4. The summed E-state index contributed by atoms with van der Waals surface area (Å²) < 4.78 is 13.7. The zero-order valence-electron chi connectivity index (χ0n) is 19.2. The monoisotopic (exact) mass is 428 g/mol. The van der Waals surface area contributed by atoms with Crippen LogP contribution in [0.3, 0.4) is 0 Å². The van der Waals surface area contributed by atoms with Crippen molar-refractivity contribution < 1.29 is 9.47 Å². The van der Waals surface area contributed by atoms with E-state index in [1.807, 2.05) is 0 Å². The first-order valence-corrected chi connectivity index (χ1v) is 13.4. The maximum absolute atomic E-state index is 6.87. The fourth-order valence-electron chi connectivity index (χ4n) is 7.80. The quantitative estimate of drug-likeness (QED) is 0.454. The molecule has 0 bridgehead atoms. The lowest BCUT2D eigenvalue weighted by Crippen LogP contribution is -2.28. The van der Waals surface area contributed by atoms with Gasteiger partial charge in [0.1, 0.15) is 12.2 Å². The molecule has 2 fully saturated rings. The maximum Gasteiger partial charge on any atom is 0.162 e. The van der Waals surface area contributed by atoms with Crippen molar-refractivity contribution in [2.75, 3.05) is 0 Å². The Hall–Kier alpha value is -1.96. The Kier molecular flexibility index (Phi) is 4.77. The Morgan fingerprint density at radius 3 is 1.44 bits per heavy atom. The molecule has 7 aliphatic rings. The minimum absolute atomic E-state index is 0.218. The molecule has 0 radical (unpaired) electrons. The highest BCUT2D eigenvalue weighted by molar-refractivity contribution is 5.50. The summed E-state index contributed by atoms with van der Waals surface area (Å²) in [4.78, 5) is 0. The Balaban J connectivity index is 1.17. The van der Waals surface area contributed by atoms with Crippen LogP contribution in [0.4, 0.5) is 0 Å². The first-order chi connectivity index (χ1) is 15.9. The molecule has 2 heterocycles. The van der Waals surface area contributed by atoms with Gasteiger partial charge in [-0.15, -0.1) is 0 Å². The zero-order valence-corrected chi connectivity index (χ0v) is 19.2. The molecule has 32 heavy (non-hydrogen) atoms. The highest BCUT2D eigenvalue weighted by Gasteiger charge is 2.49. The summed E-state index contributed by atoms with van der Waals surface area (Å²) >= 11 is 0. The van der Waals surface area contributed by atoms with Gasteiger partial charge in [-0.25, -0.2) is 0 Å². The third-order valence-electron chi connectivity index (χ3n) is 9.42. The van der Waals surface area contributed by atoms with Gasteiger partial charge >= 0.3 is 0 Å². The minimum Gasteiger partial charge on any atom is -0.481 e. The van der Waals surface area contributed by atoms with Crippen molar-refractivity contribution >= 4 is 0 Å². The van der Waals surface area contributed by atoms with Gasteiger partial charge in [0.05, 0.1) is 0 Å². The predicted molar refractivity (Wildman–Crippen MR) is 128 cm³/mol. The van der Waals surface area contributed by atoms with E-state index in [1.54, 1.807) is 11.1 Å². The molecule has 168 valence electrons. The van der Waals surface area contributed by atoms with Gasteiger partial charge in [-0.1, -0.05) is 75.0 Å². The summed E-state index contributed by atoms with van der Waals surface area (Å²) in [6.45, 7) is 0. The molecule has 0 aromatic carbocycles. The first kappa shape index (κ1) is 19.5. The van der Waals surface area contributed by atoms with Crippen LogP contribution in [0.25, 0.3) is 0 Å². The van der Waals surface area contributed by atoms with E-state index in [-0.39, 0.29) is 12.2 Å². The third kappa shape index (κ3) is 2.97. The zero-order chi connectivity index (χ0) is 21.1. The van der Waals surface area contributed by atoms with E-state index < -0.39 is 0 Å². The van der Waals surface area contributed by atoms with Crippen LogP contribution in [0.1, 0.15) is 77.0 Å². The highest BCUT2D eigenvalue weighted by Crippen LogP contribution is 2.55. The second kappa shape index (κ2) is 7.82. The average molecular weight is 429 g/mol. The van der Waals surface area contributed by atoms with Crippen LogP contribution in [-0.2, 0) is 9.47 Å². The molecule has 0 amide bonds. The fraction of sp³-hybridized carbons (Fsp3) is 0.600. The lowest BCUT2D eigenvalue weighted by atomic mass is 9.73. The molecule has 2 saturated carbocycles. The second-order valence-corrected chi connectivity index (χ2v) is 11.1. The summed E-state index contributed by atoms with van der Waals surface area (Å²) in [5, 5.41) is 0. The molecule has 2 heteroatoms. The SMILES string of the molecule is C1=CC2C3=C(OC2C(C2CCCCC2)=C1)C1=C(CC3)C2C=CC=C(C3CCCCC3)C2O1. The molecule has 0 aromatic heterocycles. The van der Waals surface area contributed by atoms with Crippen molar-refractivity contribution in [2.45, 2.75) is 89.3 Å². The topological polar surface area (TPSA) is 18.5 Å². The highest BCUT2D eigenvalue weighted by atomic mass is 16.5. The molecule has 2 nitrogen and oxygen atoms in total. The van der Waals surface area contributed by atoms with Gasteiger partial charge < -0.3 is 9.47 Å². The Bertz CT molecular complexity index is 894. The van der Waals surface area contributed by atoms with Crippen molar-refractivity contribution in [2.24, 2.45) is 23.7 Å². The van der Waals surface area contributed by atoms with Crippen LogP contribution in [0, 0.1) is 23.7 Å². The summed E-state index contributed by atoms with van der Waals surface area (Å²) in [6, 6.07) is 0. The summed E-state index contributed by atoms with van der Waals surface area (Å²) in [5.41, 5.74) is 6.15. The molecule has 0 spiro atoms. The van der Waals surface area contributed by atoms with E-state index in [0.29, 0.717) is 23.7 Å². The number of hydrogen-bond donors (Lipinski definition) is 0. The van der Waals surface area contributed by atoms with E-state index in [2.05, 4.69) is 36.5 Å². The molecule has 7 rings (SSSR count). The van der Waals surface area contributed by atoms with E-state index in [9.17, 15) is 0 Å². The van der Waals surface area contributed by atoms with Crippen LogP contribution >= 0.6 is 0 Å². The number of fused-ring (bicyclic) bond motifs is 5. The molecular formula is C30H36O2. The summed E-state index contributed by atoms with van der Waals surface area (Å²) in [7, 11) is 0. The van der Waals surface area contributed by atoms with E-state index in [1.165, 1.54) is 75.4 Å². The summed E-state index contributed by atoms with van der Waals surface area (Å²) in [6.07, 6.45) is 30.6. The minimum atomic E-state index is 0.218. The number of ether oxygens (including phenoxy) is 2. The van der Waals surface area contributed by atoms with Gasteiger partial charge in [-0.3, -0.25) is 0 Å². The van der Waals surface area contributed by atoms with Gasteiger partial charge in [-0.05, 0) is 72.7 Å². The van der Waals surface area contributed by atoms with E-state index in [4.69, 9.17) is 9.47 Å². The smallest absolute Gasteiger partial charge is 0.162 e. The number of rotatable bonds is 2. The fourth-order valence-corrected chi connectivity index (χ4v) is 7.80. The van der Waals surface area contributed by atoms with E-state index >= 15 is 0 Å². The Morgan fingerprint density at radius 1 is 0.562 bits per heavy atom. The van der Waals surface area contributed by atoms with Gasteiger partial charge in [0.25, 0.3) is 0 Å². The average Bonchev–Trinajstić information content (AvgIpc) is 3.43. The van der Waals surface area contributed by atoms with Crippen molar-refractivity contribution in [3.63, 3.8) is 0 Å². The van der Waals surface area contributed by atoms with E-state index in [0.717, 1.165) is 24.4 Å². The molecule has 0 N–H and O–H groups in total. The lowest BCUT2D eigenvalue weighted by Gasteiger charge is -2.33. The molecule has 0 aromatic rings. The number of allylic oxidation sites excluding steroid dienone is 4. The van der Waals surface area contributed by atoms with Crippen LogP contribution in [0.2, 0.25) is 0 Å². The van der Waals surface area contributed by atoms with Gasteiger partial charge in [0, 0.05) is 11.8 Å². The van der Waals surface area contributed by atoms with Gasteiger partial charge in [0.2, 0.25) is 0 Å². The van der Waals surface area contributed by atoms with Crippen molar-refractivity contribution in [1.82, 2.24) is 0 Å². The second-order valence-electron chi connectivity index (χ2n) is 11.1. The van der Waals surface area contributed by atoms with Crippen molar-refractivity contribution in [3.8, 4) is 0 Å². The third-order valence-corrected chi connectivity index (χ3v) is 9.42. The van der Waals surface area contributed by atoms with Crippen molar-refractivity contribution in [3.05, 3.63) is 70.3 Å². The lowest BCUT2D eigenvalue weighted by molar-refractivity contribution is 0.0942. The Labute approximate surface area is 192 Å². The Morgan fingerprint density at radius 2 is 1.00 bits per heavy atom. The molecule has 2 aliphatic heterocycles. The molecular weight excluding hydrogens is 392 g/mol. The largest absolute Gasteiger partial charge is 0.481 e. The molecule has 5 aliphatic carbocycles. The standard InChI is InChI=1S/C30H36O2/c1-3-9-19(10-4-1)21-13-7-15-23-25-17-18-26-24-16-8-14-22(20-11-5-2-6-12-20)28(24)32-30(26)29(25)31-27(21)23/h7-8,13-16,19-20,23-24,27-28H,1-6,9-12,17-18H2.